The van der Waals surface area contributed by atoms with Crippen LogP contribution in [0.1, 0.15) is 6.42 Å². The first-order valence-electron chi connectivity index (χ1n) is 6.24. The van der Waals surface area contributed by atoms with Crippen LogP contribution in [0, 0.1) is 0 Å². The third kappa shape index (κ3) is 5.30. The summed E-state index contributed by atoms with van der Waals surface area (Å²) < 4.78 is 98.3. The number of ether oxygens (including phenoxy) is 1. The highest BCUT2D eigenvalue weighted by molar-refractivity contribution is 7.86. The van der Waals surface area contributed by atoms with Crippen LogP contribution in [0.25, 0.3) is 0 Å². The lowest BCUT2D eigenvalue weighted by molar-refractivity contribution is -0.259. The molecule has 0 saturated carbocycles. The van der Waals surface area contributed by atoms with Crippen LogP contribution in [0.15, 0.2) is 30.3 Å². The van der Waals surface area contributed by atoms with Gasteiger partial charge in [0, 0.05) is 12.2 Å². The van der Waals surface area contributed by atoms with Crippen LogP contribution >= 0.6 is 0 Å². The topological polar surface area (TPSA) is 95.5 Å². The van der Waals surface area contributed by atoms with Crippen LogP contribution in [-0.2, 0) is 19.6 Å². The monoisotopic (exact) mass is 376 g/mol. The Morgan fingerprint density at radius 3 is 2.17 bits per heavy atom. The van der Waals surface area contributed by atoms with Crippen molar-refractivity contribution in [2.75, 3.05) is 11.9 Å². The minimum absolute atomic E-state index is 0.261. The molecule has 1 rings (SSSR count). The van der Waals surface area contributed by atoms with Gasteiger partial charge in [-0.15, -0.1) is 0 Å². The van der Waals surface area contributed by atoms with Crippen molar-refractivity contribution in [1.29, 1.82) is 0 Å². The molecule has 0 aliphatic carbocycles. The van der Waals surface area contributed by atoms with E-state index in [1.54, 1.807) is 30.3 Å². The van der Waals surface area contributed by atoms with Gasteiger partial charge in [0.2, 0.25) is 0 Å². The van der Waals surface area contributed by atoms with E-state index in [1.807, 2.05) is 0 Å². The number of carbonyl (C=O) groups excluding carboxylic acids is 1. The molecule has 1 N–H and O–H groups in total. The number of halogens is 5. The van der Waals surface area contributed by atoms with Gasteiger partial charge in [-0.3, -0.25) is 4.79 Å². The molecule has 0 heterocycles. The quantitative estimate of drug-likeness (QED) is 0.445. The summed E-state index contributed by atoms with van der Waals surface area (Å²) in [6.45, 7) is -0.261. The summed E-state index contributed by atoms with van der Waals surface area (Å²) in [5.41, 5.74) is 0.505. The highest BCUT2D eigenvalue weighted by Crippen LogP contribution is 2.38. The first kappa shape index (κ1) is 20.1. The zero-order valence-electron chi connectivity index (χ0n) is 11.7. The van der Waals surface area contributed by atoms with Crippen molar-refractivity contribution in [3.05, 3.63) is 30.3 Å². The maximum atomic E-state index is 13.1. The second kappa shape index (κ2) is 7.30. The van der Waals surface area contributed by atoms with E-state index in [0.29, 0.717) is 5.69 Å². The van der Waals surface area contributed by atoms with Crippen LogP contribution in [-0.4, -0.2) is 43.0 Å². The Labute approximate surface area is 133 Å². The molecular weight excluding hydrogens is 365 g/mol. The highest BCUT2D eigenvalue weighted by Gasteiger charge is 2.62. The number of benzene rings is 1. The highest BCUT2D eigenvalue weighted by atomic mass is 32.2. The van der Waals surface area contributed by atoms with Crippen molar-refractivity contribution >= 4 is 21.8 Å². The average molecular weight is 376 g/mol. The van der Waals surface area contributed by atoms with Crippen LogP contribution < -0.4 is 5.32 Å². The summed E-state index contributed by atoms with van der Waals surface area (Å²) >= 11 is 0. The summed E-state index contributed by atoms with van der Waals surface area (Å²) in [6.07, 6.45) is -11.1. The standard InChI is InChI=1S/C12H12F5NO5S/c13-11(14,15)10(12(16,17)24(20,21)22)23-9(19)6-7-18-8-4-2-1-3-5-8/h1-5,10,18H,6-7H2,(H,20,21,22)/p-1. The normalized spacial score (nSPS) is 14.1. The lowest BCUT2D eigenvalue weighted by atomic mass is 10.3. The Morgan fingerprint density at radius 2 is 1.71 bits per heavy atom. The first-order chi connectivity index (χ1) is 10.9. The number of carbonyl (C=O) groups is 1. The van der Waals surface area contributed by atoms with E-state index in [4.69, 9.17) is 0 Å². The zero-order chi connectivity index (χ0) is 18.6. The maximum Gasteiger partial charge on any atom is 0.432 e. The van der Waals surface area contributed by atoms with E-state index in [9.17, 15) is 39.7 Å². The Kier molecular flexibility index (Phi) is 6.11. The number of hydrogen-bond acceptors (Lipinski definition) is 6. The van der Waals surface area contributed by atoms with Crippen molar-refractivity contribution in [2.45, 2.75) is 24.0 Å². The summed E-state index contributed by atoms with van der Waals surface area (Å²) in [5.74, 6) is -1.75. The van der Waals surface area contributed by atoms with Gasteiger partial charge in [0.1, 0.15) is 0 Å². The fourth-order valence-electron chi connectivity index (χ4n) is 1.51. The van der Waals surface area contributed by atoms with Gasteiger partial charge in [0.15, 0.2) is 10.1 Å². The fraction of sp³-hybridized carbons (Fsp3) is 0.417. The number of rotatable bonds is 7. The van der Waals surface area contributed by atoms with E-state index >= 15 is 0 Å². The van der Waals surface area contributed by atoms with Crippen LogP contribution in [0.5, 0.6) is 0 Å². The molecule has 1 aromatic rings. The molecule has 24 heavy (non-hydrogen) atoms. The predicted octanol–water partition coefficient (Wildman–Crippen LogP) is 2.10. The predicted molar refractivity (Wildman–Crippen MR) is 70.1 cm³/mol. The largest absolute Gasteiger partial charge is 0.743 e. The Balaban J connectivity index is 2.72. The molecule has 0 bridgehead atoms. The van der Waals surface area contributed by atoms with E-state index in [-0.39, 0.29) is 6.54 Å². The van der Waals surface area contributed by atoms with Gasteiger partial charge in [0.05, 0.1) is 6.42 Å². The van der Waals surface area contributed by atoms with Crippen molar-refractivity contribution in [1.82, 2.24) is 0 Å². The molecule has 0 fully saturated rings. The second-order valence-electron chi connectivity index (χ2n) is 4.47. The van der Waals surface area contributed by atoms with Crippen LogP contribution in [0.4, 0.5) is 27.6 Å². The molecule has 0 saturated heterocycles. The number of hydrogen-bond donors (Lipinski definition) is 1. The minimum Gasteiger partial charge on any atom is -0.743 e. The summed E-state index contributed by atoms with van der Waals surface area (Å²) in [5, 5.41) is -3.23. The molecule has 0 aromatic heterocycles. The molecule has 12 heteroatoms. The number of anilines is 1. The van der Waals surface area contributed by atoms with Gasteiger partial charge in [-0.2, -0.15) is 22.0 Å². The molecule has 0 spiro atoms. The summed E-state index contributed by atoms with van der Waals surface area (Å²) in [6, 6.07) is 8.07. The van der Waals surface area contributed by atoms with E-state index < -0.39 is 40.0 Å². The Morgan fingerprint density at radius 1 is 1.17 bits per heavy atom. The van der Waals surface area contributed by atoms with Gasteiger partial charge >= 0.3 is 17.4 Å². The number of para-hydroxylation sites is 1. The molecule has 1 unspecified atom stereocenters. The molecule has 0 aliphatic heterocycles. The molecular formula is C12H11F5NO5S-. The van der Waals surface area contributed by atoms with Gasteiger partial charge in [-0.05, 0) is 12.1 Å². The van der Waals surface area contributed by atoms with E-state index in [2.05, 4.69) is 10.1 Å². The summed E-state index contributed by atoms with van der Waals surface area (Å²) in [4.78, 5) is 11.3. The van der Waals surface area contributed by atoms with Gasteiger partial charge in [-0.1, -0.05) is 18.2 Å². The minimum atomic E-state index is -6.69. The Bertz CT molecular complexity index is 662. The van der Waals surface area contributed by atoms with E-state index in [0.717, 1.165) is 0 Å². The number of esters is 1. The lowest BCUT2D eigenvalue weighted by Gasteiger charge is -2.29. The third-order valence-corrected chi connectivity index (χ3v) is 3.50. The summed E-state index contributed by atoms with van der Waals surface area (Å²) in [7, 11) is -6.69. The molecule has 6 nitrogen and oxygen atoms in total. The molecule has 0 radical (unpaired) electrons. The maximum absolute atomic E-state index is 13.1. The average Bonchev–Trinajstić information content (AvgIpc) is 2.43. The van der Waals surface area contributed by atoms with Crippen LogP contribution in [0.2, 0.25) is 0 Å². The molecule has 136 valence electrons. The molecule has 1 aromatic carbocycles. The smallest absolute Gasteiger partial charge is 0.432 e. The second-order valence-corrected chi connectivity index (χ2v) is 5.92. The van der Waals surface area contributed by atoms with Gasteiger partial charge in [0.25, 0.3) is 6.10 Å². The van der Waals surface area contributed by atoms with Crippen molar-refractivity contribution in [2.24, 2.45) is 0 Å². The van der Waals surface area contributed by atoms with Gasteiger partial charge < -0.3 is 14.6 Å². The third-order valence-electron chi connectivity index (χ3n) is 2.62. The Hall–Kier alpha value is -1.95. The number of nitrogens with one attached hydrogen (secondary N) is 1. The van der Waals surface area contributed by atoms with Crippen molar-refractivity contribution in [3.8, 4) is 0 Å². The lowest BCUT2D eigenvalue weighted by Crippen LogP contribution is -2.52. The van der Waals surface area contributed by atoms with Crippen molar-refractivity contribution in [3.63, 3.8) is 0 Å². The SMILES string of the molecule is O=C(CCNc1ccccc1)OC(C(F)(F)F)C(F)(F)S(=O)(=O)[O-]. The molecule has 0 aliphatic rings. The van der Waals surface area contributed by atoms with Crippen LogP contribution in [0.3, 0.4) is 0 Å². The fourth-order valence-corrected chi connectivity index (χ4v) is 1.96. The van der Waals surface area contributed by atoms with E-state index in [1.165, 1.54) is 0 Å². The molecule has 1 atom stereocenters. The first-order valence-corrected chi connectivity index (χ1v) is 7.65. The van der Waals surface area contributed by atoms with Crippen molar-refractivity contribution < 1.29 is 44.5 Å². The number of alkyl halides is 5. The van der Waals surface area contributed by atoms with Gasteiger partial charge in [-0.25, -0.2) is 8.42 Å². The zero-order valence-corrected chi connectivity index (χ0v) is 12.5. The molecule has 0 amide bonds.